The van der Waals surface area contributed by atoms with Crippen molar-refractivity contribution in [3.8, 4) is 16.2 Å². The average Bonchev–Trinajstić information content (AvgIpc) is 2.94. The normalized spacial score (nSPS) is 10.5. The second kappa shape index (κ2) is 8.62. The van der Waals surface area contributed by atoms with Crippen LogP contribution in [0.3, 0.4) is 0 Å². The number of anilines is 1. The molecule has 2 amide bonds. The number of carbonyl (C=O) groups is 2. The van der Waals surface area contributed by atoms with Crippen LogP contribution < -0.4 is 15.8 Å². The van der Waals surface area contributed by atoms with Crippen molar-refractivity contribution in [1.82, 2.24) is 4.98 Å². The first kappa shape index (κ1) is 18.9. The van der Waals surface area contributed by atoms with Gasteiger partial charge in [-0.15, -0.1) is 0 Å². The number of primary amides is 1. The maximum Gasteiger partial charge on any atom is 0.252 e. The van der Waals surface area contributed by atoms with Gasteiger partial charge in [-0.3, -0.25) is 9.59 Å². The van der Waals surface area contributed by atoms with Gasteiger partial charge in [-0.1, -0.05) is 31.1 Å². The van der Waals surface area contributed by atoms with E-state index in [-0.39, 0.29) is 5.91 Å². The molecule has 2 aromatic rings. The maximum atomic E-state index is 11.9. The molecule has 0 saturated heterocycles. The van der Waals surface area contributed by atoms with E-state index < -0.39 is 5.91 Å². The van der Waals surface area contributed by atoms with E-state index in [2.05, 4.69) is 17.2 Å². The number of aryl methyl sites for hydroxylation is 1. The Balaban J connectivity index is 2.21. The van der Waals surface area contributed by atoms with Crippen LogP contribution in [-0.2, 0) is 4.79 Å². The highest BCUT2D eigenvalue weighted by molar-refractivity contribution is 7.19. The quantitative estimate of drug-likeness (QED) is 0.700. The summed E-state index contributed by atoms with van der Waals surface area (Å²) < 4.78 is 5.16. The summed E-state index contributed by atoms with van der Waals surface area (Å²) >= 11 is 1.38. The summed E-state index contributed by atoms with van der Waals surface area (Å²) in [6.45, 7) is 3.97. The van der Waals surface area contributed by atoms with Crippen LogP contribution in [0.1, 0.15) is 48.7 Å². The molecule has 0 radical (unpaired) electrons. The fraction of sp³-hybridized carbons (Fsp3) is 0.389. The third-order valence-corrected chi connectivity index (χ3v) is 4.90. The lowest BCUT2D eigenvalue weighted by Gasteiger charge is -2.07. The van der Waals surface area contributed by atoms with Crippen molar-refractivity contribution in [2.24, 2.45) is 5.73 Å². The number of unbranched alkanes of at least 4 members (excludes halogenated alkanes) is 2. The topological polar surface area (TPSA) is 94.3 Å². The van der Waals surface area contributed by atoms with E-state index in [9.17, 15) is 9.59 Å². The lowest BCUT2D eigenvalue weighted by Crippen LogP contribution is -2.12. The summed E-state index contributed by atoms with van der Waals surface area (Å²) in [5.74, 6) is -0.144. The Morgan fingerprint density at radius 3 is 2.72 bits per heavy atom. The number of benzene rings is 1. The number of ether oxygens (including phenoxy) is 1. The van der Waals surface area contributed by atoms with E-state index in [0.29, 0.717) is 22.9 Å². The molecule has 0 spiro atoms. The molecular formula is C18H23N3O3S. The summed E-state index contributed by atoms with van der Waals surface area (Å²) in [7, 11) is 1.49. The molecule has 25 heavy (non-hydrogen) atoms. The van der Waals surface area contributed by atoms with Gasteiger partial charge in [-0.2, -0.15) is 0 Å². The van der Waals surface area contributed by atoms with Gasteiger partial charge in [0.25, 0.3) is 5.91 Å². The number of thiazole rings is 1. The van der Waals surface area contributed by atoms with Gasteiger partial charge < -0.3 is 15.8 Å². The zero-order valence-corrected chi connectivity index (χ0v) is 15.5. The minimum absolute atomic E-state index is 0.0266. The molecule has 1 aromatic carbocycles. The van der Waals surface area contributed by atoms with E-state index in [1.165, 1.54) is 18.4 Å². The Hall–Kier alpha value is -2.41. The van der Waals surface area contributed by atoms with Gasteiger partial charge in [0.15, 0.2) is 5.13 Å². The first-order valence-corrected chi connectivity index (χ1v) is 9.03. The van der Waals surface area contributed by atoms with Crippen molar-refractivity contribution in [3.63, 3.8) is 0 Å². The monoisotopic (exact) mass is 361 g/mol. The third-order valence-electron chi connectivity index (χ3n) is 3.78. The smallest absolute Gasteiger partial charge is 0.252 e. The highest BCUT2D eigenvalue weighted by Crippen LogP contribution is 2.35. The van der Waals surface area contributed by atoms with Gasteiger partial charge in [0.05, 0.1) is 23.2 Å². The van der Waals surface area contributed by atoms with Crippen LogP contribution in [0.2, 0.25) is 0 Å². The zero-order chi connectivity index (χ0) is 18.4. The molecule has 7 heteroatoms. The number of nitrogens with zero attached hydrogens (tertiary/aromatic N) is 1. The molecule has 1 heterocycles. The molecule has 2 rings (SSSR count). The van der Waals surface area contributed by atoms with Crippen molar-refractivity contribution < 1.29 is 14.3 Å². The number of hydrogen-bond donors (Lipinski definition) is 2. The molecular weight excluding hydrogens is 338 g/mol. The van der Waals surface area contributed by atoms with E-state index in [0.717, 1.165) is 35.4 Å². The number of aromatic nitrogens is 1. The zero-order valence-electron chi connectivity index (χ0n) is 14.7. The highest BCUT2D eigenvalue weighted by Gasteiger charge is 2.15. The Kier molecular flexibility index (Phi) is 6.52. The van der Waals surface area contributed by atoms with Crippen LogP contribution in [0.5, 0.6) is 5.75 Å². The molecule has 0 fully saturated rings. The van der Waals surface area contributed by atoms with Gasteiger partial charge in [0, 0.05) is 6.42 Å². The van der Waals surface area contributed by atoms with Crippen LogP contribution >= 0.6 is 11.3 Å². The number of methoxy groups -OCH3 is 1. The van der Waals surface area contributed by atoms with E-state index in [1.54, 1.807) is 12.1 Å². The second-order valence-corrected chi connectivity index (χ2v) is 6.72. The molecule has 0 bridgehead atoms. The Morgan fingerprint density at radius 1 is 1.32 bits per heavy atom. The standard InChI is InChI=1S/C18H23N3O3S/c1-4-5-6-7-15(22)21-18-20-11(2)16(25-18)12-8-9-14(24-3)13(10-12)17(19)23/h8-10H,4-7H2,1-3H3,(H2,19,23)(H,20,21,22). The molecule has 0 aliphatic rings. The molecule has 134 valence electrons. The van der Waals surface area contributed by atoms with Crippen LogP contribution in [0, 0.1) is 6.92 Å². The largest absolute Gasteiger partial charge is 0.496 e. The molecule has 1 aromatic heterocycles. The molecule has 3 N–H and O–H groups in total. The van der Waals surface area contributed by atoms with Crippen LogP contribution in [0.25, 0.3) is 10.4 Å². The van der Waals surface area contributed by atoms with Crippen LogP contribution in [0.4, 0.5) is 5.13 Å². The third kappa shape index (κ3) is 4.79. The van der Waals surface area contributed by atoms with Gasteiger partial charge in [0.1, 0.15) is 5.75 Å². The van der Waals surface area contributed by atoms with Crippen molar-refractivity contribution in [3.05, 3.63) is 29.5 Å². The van der Waals surface area contributed by atoms with Crippen molar-refractivity contribution in [2.75, 3.05) is 12.4 Å². The van der Waals surface area contributed by atoms with Crippen molar-refractivity contribution >= 4 is 28.3 Å². The molecule has 6 nitrogen and oxygen atoms in total. The number of rotatable bonds is 8. The first-order valence-electron chi connectivity index (χ1n) is 8.21. The number of hydrogen-bond acceptors (Lipinski definition) is 5. The minimum Gasteiger partial charge on any atom is -0.496 e. The molecule has 0 unspecified atom stereocenters. The van der Waals surface area contributed by atoms with Gasteiger partial charge >= 0.3 is 0 Å². The Labute approximate surface area is 151 Å². The summed E-state index contributed by atoms with van der Waals surface area (Å²) in [6.07, 6.45) is 3.49. The fourth-order valence-electron chi connectivity index (χ4n) is 2.48. The van der Waals surface area contributed by atoms with Crippen molar-refractivity contribution in [1.29, 1.82) is 0 Å². The van der Waals surface area contributed by atoms with Gasteiger partial charge in [-0.25, -0.2) is 4.98 Å². The lowest BCUT2D eigenvalue weighted by molar-refractivity contribution is -0.116. The molecule has 0 aliphatic carbocycles. The molecule has 0 atom stereocenters. The summed E-state index contributed by atoms with van der Waals surface area (Å²) in [5, 5.41) is 3.40. The van der Waals surface area contributed by atoms with E-state index in [4.69, 9.17) is 10.5 Å². The van der Waals surface area contributed by atoms with E-state index >= 15 is 0 Å². The molecule has 0 aliphatic heterocycles. The maximum absolute atomic E-state index is 11.9. The fourth-order valence-corrected chi connectivity index (χ4v) is 3.46. The number of carbonyl (C=O) groups excluding carboxylic acids is 2. The highest BCUT2D eigenvalue weighted by atomic mass is 32.1. The predicted octanol–water partition coefficient (Wildman–Crippen LogP) is 3.74. The van der Waals surface area contributed by atoms with Gasteiger partial charge in [0.2, 0.25) is 5.91 Å². The number of amides is 2. The second-order valence-electron chi connectivity index (χ2n) is 5.72. The predicted molar refractivity (Wildman–Crippen MR) is 100 cm³/mol. The molecule has 0 saturated carbocycles. The number of nitrogens with two attached hydrogens (primary N) is 1. The summed E-state index contributed by atoms with van der Waals surface area (Å²) in [6, 6.07) is 5.24. The summed E-state index contributed by atoms with van der Waals surface area (Å²) in [5.41, 5.74) is 7.34. The first-order chi connectivity index (χ1) is 12.0. The van der Waals surface area contributed by atoms with E-state index in [1.807, 2.05) is 13.0 Å². The Bertz CT molecular complexity index is 771. The van der Waals surface area contributed by atoms with Crippen LogP contribution in [0.15, 0.2) is 18.2 Å². The average molecular weight is 361 g/mol. The number of nitrogens with one attached hydrogen (secondary N) is 1. The minimum atomic E-state index is -0.551. The summed E-state index contributed by atoms with van der Waals surface area (Å²) in [4.78, 5) is 28.8. The Morgan fingerprint density at radius 2 is 2.08 bits per heavy atom. The van der Waals surface area contributed by atoms with Crippen LogP contribution in [-0.4, -0.2) is 23.9 Å². The SMILES string of the molecule is CCCCCC(=O)Nc1nc(C)c(-c2ccc(OC)c(C(N)=O)c2)s1. The van der Waals surface area contributed by atoms with Crippen molar-refractivity contribution in [2.45, 2.75) is 39.5 Å². The lowest BCUT2D eigenvalue weighted by atomic mass is 10.1. The van der Waals surface area contributed by atoms with Gasteiger partial charge in [-0.05, 0) is 37.1 Å².